The number of carbonyl (C=O) groups is 1. The van der Waals surface area contributed by atoms with Crippen molar-refractivity contribution < 1.29 is 14.1 Å². The number of aromatic nitrogens is 1. The minimum Gasteiger partial charge on any atom is -0.423 e. The number of urea groups is 1. The third kappa shape index (κ3) is 3.26. The average molecular weight is 312 g/mol. The lowest BCUT2D eigenvalue weighted by Crippen LogP contribution is -2.19. The molecule has 0 fully saturated rings. The van der Waals surface area contributed by atoms with Crippen LogP contribution in [0.15, 0.2) is 46.9 Å². The van der Waals surface area contributed by atoms with Crippen molar-refractivity contribution in [1.82, 2.24) is 4.98 Å². The summed E-state index contributed by atoms with van der Waals surface area (Å²) in [6.07, 6.45) is 0. The van der Waals surface area contributed by atoms with Gasteiger partial charge in [-0.1, -0.05) is 17.7 Å². The Morgan fingerprint density at radius 3 is 2.61 bits per heavy atom. The van der Waals surface area contributed by atoms with E-state index in [1.54, 1.807) is 12.1 Å². The van der Waals surface area contributed by atoms with Crippen LogP contribution in [0, 0.1) is 17.0 Å². The lowest BCUT2D eigenvalue weighted by atomic mass is 10.2. The molecule has 1 heterocycles. The van der Waals surface area contributed by atoms with Gasteiger partial charge < -0.3 is 9.73 Å². The Kier molecular flexibility index (Phi) is 3.63. The van der Waals surface area contributed by atoms with E-state index in [0.717, 1.165) is 5.56 Å². The molecule has 1 aromatic heterocycles. The van der Waals surface area contributed by atoms with E-state index in [9.17, 15) is 14.9 Å². The van der Waals surface area contributed by atoms with Crippen molar-refractivity contribution >= 4 is 34.5 Å². The maximum absolute atomic E-state index is 11.9. The number of nitrogens with one attached hydrogen (secondary N) is 2. The molecule has 0 saturated carbocycles. The summed E-state index contributed by atoms with van der Waals surface area (Å²) >= 11 is 0. The summed E-state index contributed by atoms with van der Waals surface area (Å²) in [6.45, 7) is 1.95. The van der Waals surface area contributed by atoms with Gasteiger partial charge in [0.1, 0.15) is 5.52 Å². The zero-order valence-electron chi connectivity index (χ0n) is 12.1. The number of carbonyl (C=O) groups excluding carboxylic acids is 1. The molecule has 0 aliphatic heterocycles. The number of rotatable bonds is 3. The first-order valence-corrected chi connectivity index (χ1v) is 6.71. The van der Waals surface area contributed by atoms with Crippen molar-refractivity contribution in [3.05, 3.63) is 58.1 Å². The molecule has 2 N–H and O–H groups in total. The molecule has 0 saturated heterocycles. The Balaban J connectivity index is 1.74. The van der Waals surface area contributed by atoms with Gasteiger partial charge in [0, 0.05) is 11.8 Å². The second-order valence-corrected chi connectivity index (χ2v) is 4.87. The summed E-state index contributed by atoms with van der Waals surface area (Å²) in [7, 11) is 0. The van der Waals surface area contributed by atoms with E-state index in [1.807, 2.05) is 19.1 Å². The molecular weight excluding hydrogens is 300 g/mol. The predicted octanol–water partition coefficient (Wildman–Crippen LogP) is 3.69. The maximum Gasteiger partial charge on any atom is 0.327 e. The highest BCUT2D eigenvalue weighted by Crippen LogP contribution is 2.23. The molecule has 3 aromatic rings. The molecule has 2 aromatic carbocycles. The van der Waals surface area contributed by atoms with Crippen molar-refractivity contribution in [3.63, 3.8) is 0 Å². The van der Waals surface area contributed by atoms with Gasteiger partial charge in [0.15, 0.2) is 5.58 Å². The number of nitro benzene ring substituents is 1. The lowest BCUT2D eigenvalue weighted by molar-refractivity contribution is -0.384. The zero-order chi connectivity index (χ0) is 16.4. The number of anilines is 2. The molecule has 0 unspecified atom stereocenters. The number of amides is 2. The van der Waals surface area contributed by atoms with Crippen LogP contribution in [0.2, 0.25) is 0 Å². The number of hydrogen-bond acceptors (Lipinski definition) is 5. The van der Waals surface area contributed by atoms with Crippen LogP contribution >= 0.6 is 0 Å². The highest BCUT2D eigenvalue weighted by Gasteiger charge is 2.13. The van der Waals surface area contributed by atoms with Crippen LogP contribution in [-0.4, -0.2) is 15.9 Å². The Morgan fingerprint density at radius 1 is 1.17 bits per heavy atom. The third-order valence-corrected chi connectivity index (χ3v) is 3.11. The van der Waals surface area contributed by atoms with Crippen molar-refractivity contribution in [2.24, 2.45) is 0 Å². The van der Waals surface area contributed by atoms with E-state index in [2.05, 4.69) is 15.6 Å². The van der Waals surface area contributed by atoms with E-state index in [4.69, 9.17) is 4.42 Å². The van der Waals surface area contributed by atoms with Gasteiger partial charge in [-0.15, -0.1) is 0 Å². The van der Waals surface area contributed by atoms with E-state index in [1.165, 1.54) is 18.2 Å². The Labute approximate surface area is 130 Å². The number of fused-ring (bicyclic) bond motifs is 1. The highest BCUT2D eigenvalue weighted by atomic mass is 16.6. The van der Waals surface area contributed by atoms with Crippen LogP contribution in [0.1, 0.15) is 5.56 Å². The van der Waals surface area contributed by atoms with Gasteiger partial charge in [0.05, 0.1) is 11.0 Å². The van der Waals surface area contributed by atoms with Gasteiger partial charge >= 0.3 is 12.0 Å². The zero-order valence-corrected chi connectivity index (χ0v) is 12.1. The number of aryl methyl sites for hydroxylation is 1. The monoisotopic (exact) mass is 312 g/mol. The molecule has 0 bridgehead atoms. The summed E-state index contributed by atoms with van der Waals surface area (Å²) in [4.78, 5) is 26.1. The van der Waals surface area contributed by atoms with E-state index >= 15 is 0 Å². The summed E-state index contributed by atoms with van der Waals surface area (Å²) in [5.41, 5.74) is 2.24. The standard InChI is InChI=1S/C15H12N4O4/c1-9-2-4-10(5-3-9)16-14(20)18-15-17-12-7-6-11(19(21)22)8-13(12)23-15/h2-8H,1H3,(H2,16,17,18,20). The van der Waals surface area contributed by atoms with Gasteiger partial charge in [-0.25, -0.2) is 4.79 Å². The molecule has 23 heavy (non-hydrogen) atoms. The molecule has 0 atom stereocenters. The molecule has 0 aliphatic carbocycles. The van der Waals surface area contributed by atoms with Gasteiger partial charge in [0.25, 0.3) is 5.69 Å². The quantitative estimate of drug-likeness (QED) is 0.566. The van der Waals surface area contributed by atoms with E-state index in [0.29, 0.717) is 11.2 Å². The molecule has 0 aliphatic rings. The summed E-state index contributed by atoms with van der Waals surface area (Å²) in [5.74, 6) is 0. The average Bonchev–Trinajstić information content (AvgIpc) is 2.90. The molecule has 116 valence electrons. The molecular formula is C15H12N4O4. The molecule has 3 rings (SSSR count). The normalized spacial score (nSPS) is 10.5. The number of hydrogen-bond donors (Lipinski definition) is 2. The third-order valence-electron chi connectivity index (χ3n) is 3.11. The van der Waals surface area contributed by atoms with Gasteiger partial charge in [-0.3, -0.25) is 15.4 Å². The Bertz CT molecular complexity index is 886. The van der Waals surface area contributed by atoms with Gasteiger partial charge in [-0.2, -0.15) is 4.98 Å². The van der Waals surface area contributed by atoms with Crippen molar-refractivity contribution in [1.29, 1.82) is 0 Å². The number of nitro groups is 1. The fourth-order valence-electron chi connectivity index (χ4n) is 1.98. The number of oxazole rings is 1. The first-order valence-electron chi connectivity index (χ1n) is 6.71. The van der Waals surface area contributed by atoms with Crippen LogP contribution in [-0.2, 0) is 0 Å². The van der Waals surface area contributed by atoms with Crippen molar-refractivity contribution in [3.8, 4) is 0 Å². The van der Waals surface area contributed by atoms with Crippen LogP contribution in [0.25, 0.3) is 11.1 Å². The van der Waals surface area contributed by atoms with Gasteiger partial charge in [-0.05, 0) is 25.1 Å². The minimum absolute atomic E-state index is 0.0369. The van der Waals surface area contributed by atoms with Crippen LogP contribution in [0.5, 0.6) is 0 Å². The minimum atomic E-state index is -0.529. The summed E-state index contributed by atoms with van der Waals surface area (Å²) in [5, 5.41) is 15.8. The largest absolute Gasteiger partial charge is 0.423 e. The van der Waals surface area contributed by atoms with Crippen LogP contribution in [0.4, 0.5) is 22.2 Å². The molecule has 0 radical (unpaired) electrons. The number of non-ortho nitro benzene ring substituents is 1. The smallest absolute Gasteiger partial charge is 0.327 e. The summed E-state index contributed by atoms with van der Waals surface area (Å²) < 4.78 is 5.30. The highest BCUT2D eigenvalue weighted by molar-refractivity contribution is 5.99. The van der Waals surface area contributed by atoms with Crippen molar-refractivity contribution in [2.75, 3.05) is 10.6 Å². The second kappa shape index (κ2) is 5.76. The fourth-order valence-corrected chi connectivity index (χ4v) is 1.98. The summed E-state index contributed by atoms with van der Waals surface area (Å²) in [6, 6.07) is 10.8. The van der Waals surface area contributed by atoms with Crippen LogP contribution < -0.4 is 10.6 Å². The van der Waals surface area contributed by atoms with E-state index < -0.39 is 11.0 Å². The fraction of sp³-hybridized carbons (Fsp3) is 0.0667. The molecule has 8 nitrogen and oxygen atoms in total. The van der Waals surface area contributed by atoms with Gasteiger partial charge in [0.2, 0.25) is 0 Å². The molecule has 0 spiro atoms. The molecule has 8 heteroatoms. The van der Waals surface area contributed by atoms with Crippen LogP contribution in [0.3, 0.4) is 0 Å². The lowest BCUT2D eigenvalue weighted by Gasteiger charge is -2.04. The Morgan fingerprint density at radius 2 is 1.91 bits per heavy atom. The van der Waals surface area contributed by atoms with E-state index in [-0.39, 0.29) is 17.3 Å². The SMILES string of the molecule is Cc1ccc(NC(=O)Nc2nc3ccc([N+](=O)[O-])cc3o2)cc1. The maximum atomic E-state index is 11.9. The molecule has 2 amide bonds. The number of nitrogens with zero attached hydrogens (tertiary/aromatic N) is 2. The number of benzene rings is 2. The van der Waals surface area contributed by atoms with Crippen molar-refractivity contribution in [2.45, 2.75) is 6.92 Å². The Hall–Kier alpha value is -3.42. The second-order valence-electron chi connectivity index (χ2n) is 4.87. The predicted molar refractivity (Wildman–Crippen MR) is 84.5 cm³/mol. The first kappa shape index (κ1) is 14.5. The first-order chi connectivity index (χ1) is 11.0. The topological polar surface area (TPSA) is 110 Å².